The molecule has 2 aromatic heterocycles. The zero-order valence-electron chi connectivity index (χ0n) is 18.1. The molecule has 9 heteroatoms. The molecule has 0 radical (unpaired) electrons. The van der Waals surface area contributed by atoms with Crippen molar-refractivity contribution in [3.05, 3.63) is 77.4 Å². The van der Waals surface area contributed by atoms with Crippen LogP contribution in [-0.2, 0) is 15.0 Å². The first-order valence-electron chi connectivity index (χ1n) is 10.9. The lowest BCUT2D eigenvalue weighted by molar-refractivity contribution is 0.109. The average Bonchev–Trinajstić information content (AvgIpc) is 2.86. The number of fused-ring (bicyclic) bond motifs is 4. The summed E-state index contributed by atoms with van der Waals surface area (Å²) in [5.41, 5.74) is 8.28. The molecule has 34 heavy (non-hydrogen) atoms. The second-order valence-electron chi connectivity index (χ2n) is 8.34. The molecular weight excluding hydrogens is 442 g/mol. The Morgan fingerprint density at radius 1 is 1.03 bits per heavy atom. The summed E-state index contributed by atoms with van der Waals surface area (Å²) in [5.74, 6) is -0.716. The Bertz CT molecular complexity index is 1370. The van der Waals surface area contributed by atoms with E-state index in [0.717, 1.165) is 5.57 Å². The van der Waals surface area contributed by atoms with E-state index in [-0.39, 0.29) is 24.8 Å². The summed E-state index contributed by atoms with van der Waals surface area (Å²) in [4.78, 5) is 12.7. The van der Waals surface area contributed by atoms with E-state index in [1.54, 1.807) is 36.4 Å². The maximum Gasteiger partial charge on any atom is 0.256 e. The maximum atomic E-state index is 15.3. The smallest absolute Gasteiger partial charge is 0.256 e. The van der Waals surface area contributed by atoms with Crippen molar-refractivity contribution in [2.24, 2.45) is 10.7 Å². The number of ether oxygens (including phenoxy) is 3. The Balaban J connectivity index is 1.59. The van der Waals surface area contributed by atoms with Gasteiger partial charge in [0.15, 0.2) is 5.75 Å². The third-order valence-corrected chi connectivity index (χ3v) is 6.27. The van der Waals surface area contributed by atoms with Crippen LogP contribution in [0.1, 0.15) is 23.2 Å². The SMILES string of the molecule is NC1=N[C@@]2(COC1)c1cc(-c3cccnc3F)ccc1Oc1c2cc(C2=CCOCC2)nc1F. The summed E-state index contributed by atoms with van der Waals surface area (Å²) in [7, 11) is 0. The van der Waals surface area contributed by atoms with Crippen molar-refractivity contribution in [3.63, 3.8) is 0 Å². The Morgan fingerprint density at radius 2 is 1.94 bits per heavy atom. The summed E-state index contributed by atoms with van der Waals surface area (Å²) in [6, 6.07) is 10.2. The standard InChI is InChI=1S/C25H20F2N4O3/c26-23-16(2-1-7-29-23)15-3-4-20-17(10-15)25(13-33-12-21(28)31-25)18-11-19(14-5-8-32-9-6-14)30-24(27)22(18)34-20/h1-5,7,10-11H,6,8-9,12-13H2,(H2,28,31)/t25-/m0/s1. The molecule has 1 spiro atoms. The molecule has 3 aliphatic rings. The molecule has 1 atom stereocenters. The van der Waals surface area contributed by atoms with Gasteiger partial charge in [-0.2, -0.15) is 8.78 Å². The first-order valence-corrected chi connectivity index (χ1v) is 10.9. The highest BCUT2D eigenvalue weighted by Crippen LogP contribution is 2.52. The zero-order valence-corrected chi connectivity index (χ0v) is 18.1. The summed E-state index contributed by atoms with van der Waals surface area (Å²) in [5, 5.41) is 0. The summed E-state index contributed by atoms with van der Waals surface area (Å²) in [6.45, 7) is 1.24. The van der Waals surface area contributed by atoms with Crippen molar-refractivity contribution >= 4 is 11.4 Å². The molecule has 7 nitrogen and oxygen atoms in total. The summed E-state index contributed by atoms with van der Waals surface area (Å²) >= 11 is 0. The molecule has 0 saturated heterocycles. The Hall–Kier alpha value is -3.69. The van der Waals surface area contributed by atoms with E-state index >= 15 is 4.39 Å². The van der Waals surface area contributed by atoms with Crippen LogP contribution in [0.4, 0.5) is 8.78 Å². The highest BCUT2D eigenvalue weighted by atomic mass is 19.1. The Labute approximate surface area is 193 Å². The van der Waals surface area contributed by atoms with E-state index < -0.39 is 17.4 Å². The number of rotatable bonds is 2. The molecule has 3 aliphatic heterocycles. The molecule has 0 saturated carbocycles. The van der Waals surface area contributed by atoms with Gasteiger partial charge >= 0.3 is 0 Å². The van der Waals surface area contributed by atoms with Gasteiger partial charge in [0.05, 0.1) is 25.5 Å². The third kappa shape index (κ3) is 3.27. The molecule has 0 unspecified atom stereocenters. The number of hydrogen-bond donors (Lipinski definition) is 1. The lowest BCUT2D eigenvalue weighted by atomic mass is 9.79. The van der Waals surface area contributed by atoms with Gasteiger partial charge in [0.1, 0.15) is 23.7 Å². The Morgan fingerprint density at radius 3 is 2.74 bits per heavy atom. The van der Waals surface area contributed by atoms with Gasteiger partial charge in [0, 0.05) is 22.9 Å². The van der Waals surface area contributed by atoms with Crippen LogP contribution in [0.3, 0.4) is 0 Å². The molecule has 6 rings (SSSR count). The number of nitrogens with zero attached hydrogens (tertiary/aromatic N) is 3. The first-order chi connectivity index (χ1) is 16.5. The van der Waals surface area contributed by atoms with Crippen LogP contribution in [-0.4, -0.2) is 42.2 Å². The number of halogens is 2. The van der Waals surface area contributed by atoms with Gasteiger partial charge in [0.25, 0.3) is 5.95 Å². The minimum absolute atomic E-state index is 0.0220. The van der Waals surface area contributed by atoms with E-state index in [4.69, 9.17) is 24.9 Å². The molecular formula is C25H20F2N4O3. The van der Waals surface area contributed by atoms with Crippen molar-refractivity contribution in [1.82, 2.24) is 9.97 Å². The number of hydrogen-bond acceptors (Lipinski definition) is 7. The van der Waals surface area contributed by atoms with Crippen molar-refractivity contribution in [2.75, 3.05) is 26.4 Å². The van der Waals surface area contributed by atoms with Gasteiger partial charge in [-0.05, 0) is 47.9 Å². The number of benzene rings is 1. The van der Waals surface area contributed by atoms with Crippen LogP contribution >= 0.6 is 0 Å². The predicted molar refractivity (Wildman–Crippen MR) is 121 cm³/mol. The second kappa shape index (κ2) is 7.96. The number of pyridine rings is 2. The molecule has 2 N–H and O–H groups in total. The molecule has 0 amide bonds. The fourth-order valence-electron chi connectivity index (χ4n) is 4.69. The van der Waals surface area contributed by atoms with Gasteiger partial charge in [-0.1, -0.05) is 12.1 Å². The number of amidine groups is 1. The summed E-state index contributed by atoms with van der Waals surface area (Å²) < 4.78 is 47.0. The van der Waals surface area contributed by atoms with Crippen LogP contribution in [0.25, 0.3) is 16.7 Å². The van der Waals surface area contributed by atoms with E-state index in [0.29, 0.717) is 53.3 Å². The minimum atomic E-state index is -1.18. The molecule has 0 aliphatic carbocycles. The molecule has 1 aromatic carbocycles. The topological polar surface area (TPSA) is 91.9 Å². The quantitative estimate of drug-likeness (QED) is 0.580. The Kier molecular flexibility index (Phi) is 4.89. The van der Waals surface area contributed by atoms with Gasteiger partial charge in [-0.25, -0.2) is 9.97 Å². The highest BCUT2D eigenvalue weighted by Gasteiger charge is 2.46. The van der Waals surface area contributed by atoms with Gasteiger partial charge in [0.2, 0.25) is 5.95 Å². The molecule has 0 bridgehead atoms. The second-order valence-corrected chi connectivity index (χ2v) is 8.34. The number of aliphatic imine (C=N–C) groups is 1. The molecule has 3 aromatic rings. The lowest BCUT2D eigenvalue weighted by Crippen LogP contribution is -2.42. The van der Waals surface area contributed by atoms with E-state index in [1.165, 1.54) is 6.20 Å². The molecule has 172 valence electrons. The normalized spacial score (nSPS) is 21.2. The minimum Gasteiger partial charge on any atom is -0.452 e. The average molecular weight is 462 g/mol. The molecule has 0 fully saturated rings. The lowest BCUT2D eigenvalue weighted by Gasteiger charge is -2.39. The largest absolute Gasteiger partial charge is 0.452 e. The van der Waals surface area contributed by atoms with Gasteiger partial charge < -0.3 is 19.9 Å². The van der Waals surface area contributed by atoms with Crippen LogP contribution in [0.15, 0.2) is 53.7 Å². The van der Waals surface area contributed by atoms with E-state index in [2.05, 4.69) is 9.97 Å². The predicted octanol–water partition coefficient (Wildman–Crippen LogP) is 3.96. The van der Waals surface area contributed by atoms with Crippen molar-refractivity contribution in [1.29, 1.82) is 0 Å². The zero-order chi connectivity index (χ0) is 23.3. The van der Waals surface area contributed by atoms with E-state index in [1.807, 2.05) is 6.08 Å². The fourth-order valence-corrected chi connectivity index (χ4v) is 4.69. The fraction of sp³-hybridized carbons (Fsp3) is 0.240. The van der Waals surface area contributed by atoms with Crippen molar-refractivity contribution < 1.29 is 23.0 Å². The van der Waals surface area contributed by atoms with Crippen molar-refractivity contribution in [2.45, 2.75) is 12.0 Å². The monoisotopic (exact) mass is 462 g/mol. The van der Waals surface area contributed by atoms with E-state index in [9.17, 15) is 4.39 Å². The highest BCUT2D eigenvalue weighted by molar-refractivity contribution is 5.84. The third-order valence-electron chi connectivity index (χ3n) is 6.27. The van der Waals surface area contributed by atoms with Gasteiger partial charge in [-0.15, -0.1) is 0 Å². The van der Waals surface area contributed by atoms with Crippen LogP contribution < -0.4 is 10.5 Å². The van der Waals surface area contributed by atoms with Crippen molar-refractivity contribution in [3.8, 4) is 22.6 Å². The van der Waals surface area contributed by atoms with Crippen LogP contribution in [0, 0.1) is 11.9 Å². The number of nitrogens with two attached hydrogens (primary N) is 1. The van der Waals surface area contributed by atoms with Crippen LogP contribution in [0.2, 0.25) is 0 Å². The number of aromatic nitrogens is 2. The van der Waals surface area contributed by atoms with Gasteiger partial charge in [-0.3, -0.25) is 4.99 Å². The van der Waals surface area contributed by atoms with Crippen LogP contribution in [0.5, 0.6) is 11.5 Å². The maximum absolute atomic E-state index is 15.3. The summed E-state index contributed by atoms with van der Waals surface area (Å²) in [6.07, 6.45) is 3.89. The molecule has 5 heterocycles. The first kappa shape index (κ1) is 20.9.